The van der Waals surface area contributed by atoms with Gasteiger partial charge in [-0.05, 0) is 18.8 Å². The van der Waals surface area contributed by atoms with E-state index in [0.29, 0.717) is 5.92 Å². The standard InChI is InChI=1S/C7H15NO3S/c1-6-3-2-4-7(5-6)8-12(9,10)11/h6-8H,2-5H2,1H3,(H,9,10,11). The molecule has 0 bridgehead atoms. The molecule has 0 radical (unpaired) electrons. The minimum Gasteiger partial charge on any atom is -0.273 e. The first kappa shape index (κ1) is 9.95. The molecule has 0 saturated heterocycles. The van der Waals surface area contributed by atoms with Crippen LogP contribution >= 0.6 is 0 Å². The molecule has 0 spiro atoms. The molecule has 0 aromatic carbocycles. The molecule has 1 aliphatic rings. The summed E-state index contributed by atoms with van der Waals surface area (Å²) in [7, 11) is -4.00. The van der Waals surface area contributed by atoms with E-state index >= 15 is 0 Å². The molecular weight excluding hydrogens is 178 g/mol. The maximum atomic E-state index is 10.5. The van der Waals surface area contributed by atoms with E-state index in [2.05, 4.69) is 11.6 Å². The van der Waals surface area contributed by atoms with Gasteiger partial charge >= 0.3 is 10.3 Å². The third kappa shape index (κ3) is 3.51. The van der Waals surface area contributed by atoms with Gasteiger partial charge in [-0.25, -0.2) is 0 Å². The molecule has 1 rings (SSSR count). The zero-order chi connectivity index (χ0) is 9.19. The van der Waals surface area contributed by atoms with Gasteiger partial charge in [-0.3, -0.25) is 4.55 Å². The van der Waals surface area contributed by atoms with Gasteiger partial charge in [0.25, 0.3) is 0 Å². The summed E-state index contributed by atoms with van der Waals surface area (Å²) in [5, 5.41) is 0. The van der Waals surface area contributed by atoms with Gasteiger partial charge in [0.15, 0.2) is 0 Å². The van der Waals surface area contributed by atoms with E-state index in [1.54, 1.807) is 0 Å². The molecule has 2 unspecified atom stereocenters. The lowest BCUT2D eigenvalue weighted by Gasteiger charge is -2.25. The monoisotopic (exact) mass is 193 g/mol. The quantitative estimate of drug-likeness (QED) is 0.642. The maximum Gasteiger partial charge on any atom is 0.333 e. The molecule has 0 aromatic rings. The van der Waals surface area contributed by atoms with Gasteiger partial charge in [0, 0.05) is 6.04 Å². The summed E-state index contributed by atoms with van der Waals surface area (Å²) in [5.74, 6) is 0.554. The van der Waals surface area contributed by atoms with Crippen LogP contribution < -0.4 is 4.72 Å². The molecular formula is C7H15NO3S. The summed E-state index contributed by atoms with van der Waals surface area (Å²) in [6, 6.07) is -0.0660. The van der Waals surface area contributed by atoms with Crippen LogP contribution in [0.3, 0.4) is 0 Å². The van der Waals surface area contributed by atoms with E-state index in [1.165, 1.54) is 0 Å². The number of rotatable bonds is 2. The van der Waals surface area contributed by atoms with Crippen molar-refractivity contribution in [3.63, 3.8) is 0 Å². The summed E-state index contributed by atoms with van der Waals surface area (Å²) in [6.07, 6.45) is 3.86. The van der Waals surface area contributed by atoms with Crippen molar-refractivity contribution < 1.29 is 13.0 Å². The Kier molecular flexibility index (Phi) is 3.09. The van der Waals surface area contributed by atoms with E-state index in [-0.39, 0.29) is 6.04 Å². The lowest BCUT2D eigenvalue weighted by molar-refractivity contribution is 0.319. The van der Waals surface area contributed by atoms with Crippen molar-refractivity contribution >= 4 is 10.3 Å². The highest BCUT2D eigenvalue weighted by atomic mass is 32.2. The average Bonchev–Trinajstić information content (AvgIpc) is 1.82. The molecule has 0 aromatic heterocycles. The molecule has 0 heterocycles. The summed E-state index contributed by atoms with van der Waals surface area (Å²) in [5.41, 5.74) is 0. The van der Waals surface area contributed by atoms with Crippen molar-refractivity contribution in [3.8, 4) is 0 Å². The summed E-state index contributed by atoms with van der Waals surface area (Å²) in [6.45, 7) is 2.10. The van der Waals surface area contributed by atoms with Gasteiger partial charge in [-0.2, -0.15) is 13.1 Å². The van der Waals surface area contributed by atoms with Gasteiger partial charge in [0.05, 0.1) is 0 Å². The Hall–Kier alpha value is -0.130. The van der Waals surface area contributed by atoms with E-state index in [1.807, 2.05) is 0 Å². The highest BCUT2D eigenvalue weighted by Gasteiger charge is 2.21. The second kappa shape index (κ2) is 3.72. The highest BCUT2D eigenvalue weighted by molar-refractivity contribution is 7.83. The van der Waals surface area contributed by atoms with Crippen LogP contribution in [-0.2, 0) is 10.3 Å². The minimum absolute atomic E-state index is 0.0660. The van der Waals surface area contributed by atoms with E-state index in [9.17, 15) is 8.42 Å². The lowest BCUT2D eigenvalue weighted by atomic mass is 9.88. The van der Waals surface area contributed by atoms with Gasteiger partial charge in [-0.15, -0.1) is 0 Å². The molecule has 2 atom stereocenters. The molecule has 0 amide bonds. The molecule has 72 valence electrons. The van der Waals surface area contributed by atoms with Crippen LogP contribution in [-0.4, -0.2) is 19.0 Å². The van der Waals surface area contributed by atoms with Gasteiger partial charge in [-0.1, -0.05) is 19.8 Å². The molecule has 4 nitrogen and oxygen atoms in total. The Bertz CT molecular complexity index is 237. The Morgan fingerprint density at radius 3 is 2.58 bits per heavy atom. The average molecular weight is 193 g/mol. The topological polar surface area (TPSA) is 66.4 Å². The fourth-order valence-electron chi connectivity index (χ4n) is 1.75. The summed E-state index contributed by atoms with van der Waals surface area (Å²) in [4.78, 5) is 0. The first-order valence-corrected chi connectivity index (χ1v) is 5.66. The highest BCUT2D eigenvalue weighted by Crippen LogP contribution is 2.23. The molecule has 0 aliphatic heterocycles. The summed E-state index contributed by atoms with van der Waals surface area (Å²) >= 11 is 0. The normalized spacial score (nSPS) is 31.8. The van der Waals surface area contributed by atoms with Gasteiger partial charge in [0.2, 0.25) is 0 Å². The molecule has 1 saturated carbocycles. The van der Waals surface area contributed by atoms with Crippen molar-refractivity contribution in [2.45, 2.75) is 38.6 Å². The Balaban J connectivity index is 2.43. The molecule has 5 heteroatoms. The zero-order valence-electron chi connectivity index (χ0n) is 7.16. The predicted molar refractivity (Wildman–Crippen MR) is 46.1 cm³/mol. The van der Waals surface area contributed by atoms with Crippen LogP contribution in [0.1, 0.15) is 32.6 Å². The number of hydrogen-bond acceptors (Lipinski definition) is 2. The van der Waals surface area contributed by atoms with E-state index in [0.717, 1.165) is 25.7 Å². The fourth-order valence-corrected chi connectivity index (χ4v) is 2.39. The van der Waals surface area contributed by atoms with Crippen LogP contribution in [0, 0.1) is 5.92 Å². The Labute approximate surface area is 73.2 Å². The van der Waals surface area contributed by atoms with E-state index in [4.69, 9.17) is 4.55 Å². The second-order valence-corrected chi connectivity index (χ2v) is 4.75. The van der Waals surface area contributed by atoms with Crippen LogP contribution in [0.5, 0.6) is 0 Å². The van der Waals surface area contributed by atoms with Crippen molar-refractivity contribution in [2.75, 3.05) is 0 Å². The van der Waals surface area contributed by atoms with Crippen LogP contribution in [0.4, 0.5) is 0 Å². The predicted octanol–water partition coefficient (Wildman–Crippen LogP) is 0.957. The van der Waals surface area contributed by atoms with Crippen LogP contribution in [0.25, 0.3) is 0 Å². The third-order valence-corrected chi connectivity index (χ3v) is 2.88. The fraction of sp³-hybridized carbons (Fsp3) is 1.00. The SMILES string of the molecule is CC1CCCC(NS(=O)(=O)O)C1. The van der Waals surface area contributed by atoms with E-state index < -0.39 is 10.3 Å². The smallest absolute Gasteiger partial charge is 0.273 e. The van der Waals surface area contributed by atoms with Crippen LogP contribution in [0.2, 0.25) is 0 Å². The van der Waals surface area contributed by atoms with Gasteiger partial charge in [0.1, 0.15) is 0 Å². The maximum absolute atomic E-state index is 10.5. The number of nitrogens with one attached hydrogen (secondary N) is 1. The largest absolute Gasteiger partial charge is 0.333 e. The van der Waals surface area contributed by atoms with Crippen molar-refractivity contribution in [1.82, 2.24) is 4.72 Å². The molecule has 12 heavy (non-hydrogen) atoms. The van der Waals surface area contributed by atoms with Gasteiger partial charge < -0.3 is 0 Å². The second-order valence-electron chi connectivity index (χ2n) is 3.56. The minimum atomic E-state index is -4.00. The van der Waals surface area contributed by atoms with Crippen LogP contribution in [0.15, 0.2) is 0 Å². The van der Waals surface area contributed by atoms with Crippen molar-refractivity contribution in [2.24, 2.45) is 5.92 Å². The first-order chi connectivity index (χ1) is 5.47. The Morgan fingerprint density at radius 1 is 1.42 bits per heavy atom. The number of hydrogen-bond donors (Lipinski definition) is 2. The van der Waals surface area contributed by atoms with Crippen molar-refractivity contribution in [3.05, 3.63) is 0 Å². The third-order valence-electron chi connectivity index (χ3n) is 2.25. The molecule has 1 fully saturated rings. The molecule has 1 aliphatic carbocycles. The Morgan fingerprint density at radius 2 is 2.08 bits per heavy atom. The lowest BCUT2D eigenvalue weighted by Crippen LogP contribution is -2.37. The summed E-state index contributed by atoms with van der Waals surface area (Å²) < 4.78 is 31.6. The molecule has 2 N–H and O–H groups in total. The zero-order valence-corrected chi connectivity index (χ0v) is 7.97. The van der Waals surface area contributed by atoms with Crippen molar-refractivity contribution in [1.29, 1.82) is 0 Å². The first-order valence-electron chi connectivity index (χ1n) is 4.22.